The summed E-state index contributed by atoms with van der Waals surface area (Å²) in [4.78, 5) is 27.1. The van der Waals surface area contributed by atoms with Gasteiger partial charge in [0.05, 0.1) is 5.56 Å². The Hall–Kier alpha value is -2.62. The van der Waals surface area contributed by atoms with E-state index in [2.05, 4.69) is 13.8 Å². The van der Waals surface area contributed by atoms with E-state index in [0.29, 0.717) is 12.0 Å². The van der Waals surface area contributed by atoms with Gasteiger partial charge in [-0.05, 0) is 56.7 Å². The molecule has 1 saturated heterocycles. The van der Waals surface area contributed by atoms with E-state index in [0.717, 1.165) is 30.4 Å². The Morgan fingerprint density at radius 3 is 2.30 bits per heavy atom. The summed E-state index contributed by atoms with van der Waals surface area (Å²) in [5, 5.41) is 0. The van der Waals surface area contributed by atoms with Crippen LogP contribution in [0.1, 0.15) is 54.6 Å². The lowest BCUT2D eigenvalue weighted by molar-refractivity contribution is -0.140. The number of esters is 1. The minimum atomic E-state index is -0.438. The Morgan fingerprint density at radius 1 is 0.963 bits per heavy atom. The number of carbonyl (C=O) groups excluding carboxylic acids is 2. The first-order valence-corrected chi connectivity index (χ1v) is 9.66. The van der Waals surface area contributed by atoms with Gasteiger partial charge in [-0.15, -0.1) is 0 Å². The van der Waals surface area contributed by atoms with Gasteiger partial charge in [0.15, 0.2) is 6.61 Å². The summed E-state index contributed by atoms with van der Waals surface area (Å²) in [7, 11) is 0. The van der Waals surface area contributed by atoms with Crippen molar-refractivity contribution in [1.29, 1.82) is 0 Å². The van der Waals surface area contributed by atoms with Gasteiger partial charge in [-0.1, -0.05) is 48.5 Å². The summed E-state index contributed by atoms with van der Waals surface area (Å²) >= 11 is 0. The molecule has 0 aromatic heterocycles. The zero-order valence-electron chi connectivity index (χ0n) is 16.1. The van der Waals surface area contributed by atoms with Crippen molar-refractivity contribution in [2.45, 2.75) is 51.6 Å². The van der Waals surface area contributed by atoms with E-state index < -0.39 is 5.97 Å². The van der Waals surface area contributed by atoms with Crippen molar-refractivity contribution in [2.75, 3.05) is 6.61 Å². The van der Waals surface area contributed by atoms with E-state index in [9.17, 15) is 9.59 Å². The number of hydrogen-bond acceptors (Lipinski definition) is 3. The smallest absolute Gasteiger partial charge is 0.338 e. The van der Waals surface area contributed by atoms with Crippen LogP contribution in [0, 0.1) is 0 Å². The maximum absolute atomic E-state index is 12.6. The zero-order chi connectivity index (χ0) is 19.2. The van der Waals surface area contributed by atoms with Crippen LogP contribution in [0.2, 0.25) is 0 Å². The van der Waals surface area contributed by atoms with Gasteiger partial charge in [0.1, 0.15) is 0 Å². The van der Waals surface area contributed by atoms with Gasteiger partial charge in [-0.2, -0.15) is 0 Å². The highest BCUT2D eigenvalue weighted by Gasteiger charge is 2.29. The van der Waals surface area contributed by atoms with Crippen molar-refractivity contribution in [3.05, 3.63) is 71.3 Å². The lowest BCUT2D eigenvalue weighted by Gasteiger charge is -2.38. The lowest BCUT2D eigenvalue weighted by atomic mass is 9.97. The fourth-order valence-electron chi connectivity index (χ4n) is 3.88. The van der Waals surface area contributed by atoms with Crippen LogP contribution in [-0.4, -0.2) is 35.5 Å². The van der Waals surface area contributed by atoms with Crippen molar-refractivity contribution in [1.82, 2.24) is 4.90 Å². The van der Waals surface area contributed by atoms with Crippen LogP contribution in [-0.2, 0) is 16.0 Å². The third-order valence-corrected chi connectivity index (χ3v) is 5.28. The molecule has 3 rings (SSSR count). The zero-order valence-corrected chi connectivity index (χ0v) is 16.1. The SMILES string of the molecule is C[C@@H]1CCC[C@H](C)N1C(=O)COC(=O)c1ccccc1Cc1ccccc1. The highest BCUT2D eigenvalue weighted by atomic mass is 16.5. The van der Waals surface area contributed by atoms with Gasteiger partial charge in [0.25, 0.3) is 5.91 Å². The summed E-state index contributed by atoms with van der Waals surface area (Å²) in [6, 6.07) is 17.8. The Bertz CT molecular complexity index is 777. The molecule has 4 heteroatoms. The Kier molecular flexibility index (Phi) is 6.28. The molecule has 1 fully saturated rings. The number of nitrogens with zero attached hydrogens (tertiary/aromatic N) is 1. The average molecular weight is 365 g/mol. The molecule has 1 heterocycles. The van der Waals surface area contributed by atoms with Crippen molar-refractivity contribution in [3.8, 4) is 0 Å². The molecule has 27 heavy (non-hydrogen) atoms. The number of ether oxygens (including phenoxy) is 1. The van der Waals surface area contributed by atoms with Crippen molar-refractivity contribution in [3.63, 3.8) is 0 Å². The molecule has 4 nitrogen and oxygen atoms in total. The van der Waals surface area contributed by atoms with Gasteiger partial charge < -0.3 is 9.64 Å². The van der Waals surface area contributed by atoms with Crippen LogP contribution < -0.4 is 0 Å². The molecule has 0 unspecified atom stereocenters. The van der Waals surface area contributed by atoms with Gasteiger partial charge in [-0.3, -0.25) is 4.79 Å². The first-order chi connectivity index (χ1) is 13.1. The number of benzene rings is 2. The molecule has 0 N–H and O–H groups in total. The first-order valence-electron chi connectivity index (χ1n) is 9.66. The maximum atomic E-state index is 12.6. The standard InChI is InChI=1S/C23H27NO3/c1-17-9-8-10-18(2)24(17)22(25)16-27-23(26)21-14-7-6-13-20(21)15-19-11-4-3-5-12-19/h3-7,11-14,17-18H,8-10,15-16H2,1-2H3/t17-,18+. The second kappa shape index (κ2) is 8.85. The van der Waals surface area contributed by atoms with Crippen molar-refractivity contribution < 1.29 is 14.3 Å². The number of carbonyl (C=O) groups is 2. The average Bonchev–Trinajstić information content (AvgIpc) is 2.67. The summed E-state index contributed by atoms with van der Waals surface area (Å²) < 4.78 is 5.39. The normalized spacial score (nSPS) is 19.6. The highest BCUT2D eigenvalue weighted by molar-refractivity contribution is 5.93. The minimum absolute atomic E-state index is 0.108. The van der Waals surface area contributed by atoms with Gasteiger partial charge in [-0.25, -0.2) is 4.79 Å². The summed E-state index contributed by atoms with van der Waals surface area (Å²) in [6.07, 6.45) is 3.80. The third-order valence-electron chi connectivity index (χ3n) is 5.28. The molecule has 2 atom stereocenters. The maximum Gasteiger partial charge on any atom is 0.338 e. The molecule has 1 aliphatic heterocycles. The molecule has 2 aromatic carbocycles. The molecule has 0 radical (unpaired) electrons. The fourth-order valence-corrected chi connectivity index (χ4v) is 3.88. The minimum Gasteiger partial charge on any atom is -0.452 e. The molecule has 2 aromatic rings. The van der Waals surface area contributed by atoms with E-state index in [-0.39, 0.29) is 24.6 Å². The number of rotatable bonds is 5. The number of likely N-dealkylation sites (tertiary alicyclic amines) is 1. The van der Waals surface area contributed by atoms with Crippen LogP contribution in [0.15, 0.2) is 54.6 Å². The molecule has 0 aliphatic carbocycles. The molecular weight excluding hydrogens is 338 g/mol. The summed E-state index contributed by atoms with van der Waals surface area (Å²) in [5.74, 6) is -0.546. The quantitative estimate of drug-likeness (QED) is 0.745. The lowest BCUT2D eigenvalue weighted by Crippen LogP contribution is -2.49. The predicted octanol–water partition coefficient (Wildman–Crippen LogP) is 4.22. The molecule has 0 bridgehead atoms. The predicted molar refractivity (Wildman–Crippen MR) is 106 cm³/mol. The van der Waals surface area contributed by atoms with Crippen LogP contribution in [0.3, 0.4) is 0 Å². The molecule has 0 spiro atoms. The second-order valence-corrected chi connectivity index (χ2v) is 7.33. The van der Waals surface area contributed by atoms with Crippen molar-refractivity contribution in [2.24, 2.45) is 0 Å². The van der Waals surface area contributed by atoms with E-state index >= 15 is 0 Å². The Labute approximate surface area is 161 Å². The molecule has 142 valence electrons. The summed E-state index contributed by atoms with van der Waals surface area (Å²) in [6.45, 7) is 3.92. The fraction of sp³-hybridized carbons (Fsp3) is 0.391. The number of piperidine rings is 1. The van der Waals surface area contributed by atoms with Crippen LogP contribution in [0.4, 0.5) is 0 Å². The Balaban J connectivity index is 1.65. The van der Waals surface area contributed by atoms with E-state index in [1.54, 1.807) is 6.07 Å². The van der Waals surface area contributed by atoms with Crippen LogP contribution >= 0.6 is 0 Å². The van der Waals surface area contributed by atoms with Crippen LogP contribution in [0.5, 0.6) is 0 Å². The second-order valence-electron chi connectivity index (χ2n) is 7.33. The van der Waals surface area contributed by atoms with Gasteiger partial charge in [0.2, 0.25) is 0 Å². The molecule has 1 aliphatic rings. The Morgan fingerprint density at radius 2 is 1.59 bits per heavy atom. The number of amides is 1. The van der Waals surface area contributed by atoms with Crippen molar-refractivity contribution >= 4 is 11.9 Å². The molecule has 1 amide bonds. The van der Waals surface area contributed by atoms with E-state index in [1.807, 2.05) is 53.4 Å². The molecule has 0 saturated carbocycles. The summed E-state index contributed by atoms with van der Waals surface area (Å²) in [5.41, 5.74) is 2.56. The van der Waals surface area contributed by atoms with E-state index in [1.165, 1.54) is 0 Å². The first kappa shape index (κ1) is 19.2. The van der Waals surface area contributed by atoms with E-state index in [4.69, 9.17) is 4.74 Å². The monoisotopic (exact) mass is 365 g/mol. The largest absolute Gasteiger partial charge is 0.452 e. The third kappa shape index (κ3) is 4.76. The number of hydrogen-bond donors (Lipinski definition) is 0. The topological polar surface area (TPSA) is 46.6 Å². The van der Waals surface area contributed by atoms with Gasteiger partial charge in [0, 0.05) is 12.1 Å². The van der Waals surface area contributed by atoms with Crippen LogP contribution in [0.25, 0.3) is 0 Å². The molecular formula is C23H27NO3. The highest BCUT2D eigenvalue weighted by Crippen LogP contribution is 2.23. The van der Waals surface area contributed by atoms with Gasteiger partial charge >= 0.3 is 5.97 Å².